The molecule has 1 aromatic heterocycles. The molecule has 0 saturated heterocycles. The summed E-state index contributed by atoms with van der Waals surface area (Å²) in [7, 11) is 0. The van der Waals surface area contributed by atoms with Crippen LogP contribution in [0, 0.1) is 13.8 Å². The van der Waals surface area contributed by atoms with Gasteiger partial charge in [0.2, 0.25) is 0 Å². The highest BCUT2D eigenvalue weighted by Crippen LogP contribution is 2.19. The summed E-state index contributed by atoms with van der Waals surface area (Å²) in [6.07, 6.45) is 0.698. The summed E-state index contributed by atoms with van der Waals surface area (Å²) >= 11 is 5.88. The molecule has 0 fully saturated rings. The Morgan fingerprint density at radius 1 is 1.38 bits per heavy atom. The number of hydrogen-bond donors (Lipinski definition) is 0. The smallest absolute Gasteiger partial charge is 0.172 e. The number of nitrogens with zero attached hydrogens (tertiary/aromatic N) is 3. The van der Waals surface area contributed by atoms with Gasteiger partial charge in [0.05, 0.1) is 11.4 Å². The molecule has 0 unspecified atom stereocenters. The first-order chi connectivity index (χ1) is 7.63. The van der Waals surface area contributed by atoms with Crippen LogP contribution in [0.5, 0.6) is 0 Å². The lowest BCUT2D eigenvalue weighted by molar-refractivity contribution is 0.111. The number of rotatable bonds is 2. The highest BCUT2D eigenvalue weighted by molar-refractivity contribution is 6.30. The standard InChI is InChI=1S/C11H10ClN3O/c1-7-5-9(12)3-4-11(7)15-8(2)10(6-16)13-14-15/h3-6H,1-2H3. The summed E-state index contributed by atoms with van der Waals surface area (Å²) in [6.45, 7) is 3.74. The average Bonchev–Trinajstić information content (AvgIpc) is 2.60. The number of carbonyl (C=O) groups excluding carboxylic acids is 1. The summed E-state index contributed by atoms with van der Waals surface area (Å²) in [5, 5.41) is 8.40. The fraction of sp³-hybridized carbons (Fsp3) is 0.182. The summed E-state index contributed by atoms with van der Waals surface area (Å²) in [5.41, 5.74) is 2.94. The molecule has 0 atom stereocenters. The van der Waals surface area contributed by atoms with E-state index >= 15 is 0 Å². The largest absolute Gasteiger partial charge is 0.296 e. The van der Waals surface area contributed by atoms with Gasteiger partial charge in [0.1, 0.15) is 5.69 Å². The summed E-state index contributed by atoms with van der Waals surface area (Å²) < 4.78 is 1.63. The highest BCUT2D eigenvalue weighted by atomic mass is 35.5. The van der Waals surface area contributed by atoms with Gasteiger partial charge in [-0.05, 0) is 37.6 Å². The fourth-order valence-electron chi connectivity index (χ4n) is 1.54. The number of aryl methyl sites for hydroxylation is 1. The third-order valence-corrected chi connectivity index (χ3v) is 2.66. The molecule has 2 rings (SSSR count). The predicted molar refractivity (Wildman–Crippen MR) is 61.2 cm³/mol. The minimum absolute atomic E-state index is 0.356. The minimum atomic E-state index is 0.356. The lowest BCUT2D eigenvalue weighted by Gasteiger charge is -2.07. The van der Waals surface area contributed by atoms with Crippen LogP contribution in [0.1, 0.15) is 21.7 Å². The van der Waals surface area contributed by atoms with Gasteiger partial charge in [0.25, 0.3) is 0 Å². The van der Waals surface area contributed by atoms with Crippen LogP contribution in [-0.2, 0) is 0 Å². The van der Waals surface area contributed by atoms with E-state index in [1.807, 2.05) is 19.1 Å². The van der Waals surface area contributed by atoms with E-state index < -0.39 is 0 Å². The Kier molecular flexibility index (Phi) is 2.75. The van der Waals surface area contributed by atoms with Crippen molar-refractivity contribution in [3.8, 4) is 5.69 Å². The molecule has 0 amide bonds. The second-order valence-electron chi connectivity index (χ2n) is 3.52. The monoisotopic (exact) mass is 235 g/mol. The molecule has 2 aromatic rings. The van der Waals surface area contributed by atoms with Crippen LogP contribution in [0.25, 0.3) is 5.69 Å². The molecule has 16 heavy (non-hydrogen) atoms. The molecule has 0 aliphatic rings. The quantitative estimate of drug-likeness (QED) is 0.751. The molecule has 0 radical (unpaired) electrons. The molecule has 82 valence electrons. The van der Waals surface area contributed by atoms with E-state index in [9.17, 15) is 4.79 Å². The van der Waals surface area contributed by atoms with E-state index in [4.69, 9.17) is 11.6 Å². The third kappa shape index (κ3) is 1.72. The highest BCUT2D eigenvalue weighted by Gasteiger charge is 2.10. The zero-order chi connectivity index (χ0) is 11.7. The zero-order valence-corrected chi connectivity index (χ0v) is 9.69. The number of aromatic nitrogens is 3. The maximum atomic E-state index is 10.7. The van der Waals surface area contributed by atoms with Crippen LogP contribution in [0.3, 0.4) is 0 Å². The second-order valence-corrected chi connectivity index (χ2v) is 3.96. The van der Waals surface area contributed by atoms with E-state index in [0.717, 1.165) is 16.9 Å². The van der Waals surface area contributed by atoms with Crippen LogP contribution >= 0.6 is 11.6 Å². The van der Waals surface area contributed by atoms with E-state index in [2.05, 4.69) is 10.3 Å². The van der Waals surface area contributed by atoms with Crippen molar-refractivity contribution in [1.29, 1.82) is 0 Å². The molecule has 0 N–H and O–H groups in total. The number of hydrogen-bond acceptors (Lipinski definition) is 3. The van der Waals surface area contributed by atoms with Crippen LogP contribution in [-0.4, -0.2) is 21.3 Å². The minimum Gasteiger partial charge on any atom is -0.296 e. The number of aldehydes is 1. The van der Waals surface area contributed by atoms with E-state index in [0.29, 0.717) is 17.0 Å². The van der Waals surface area contributed by atoms with Gasteiger partial charge in [-0.25, -0.2) is 4.68 Å². The molecular formula is C11H10ClN3O. The second kappa shape index (κ2) is 4.06. The Labute approximate surface area is 97.8 Å². The molecule has 1 heterocycles. The predicted octanol–water partition coefficient (Wildman–Crippen LogP) is 2.35. The normalized spacial score (nSPS) is 10.4. The Bertz CT molecular complexity index is 548. The van der Waals surface area contributed by atoms with Crippen LogP contribution in [0.4, 0.5) is 0 Å². The van der Waals surface area contributed by atoms with Crippen molar-refractivity contribution in [1.82, 2.24) is 15.0 Å². The van der Waals surface area contributed by atoms with E-state index in [1.165, 1.54) is 0 Å². The van der Waals surface area contributed by atoms with Crippen LogP contribution in [0.2, 0.25) is 5.02 Å². The first kappa shape index (κ1) is 10.8. The first-order valence-electron chi connectivity index (χ1n) is 4.77. The lowest BCUT2D eigenvalue weighted by Crippen LogP contribution is -2.01. The van der Waals surface area contributed by atoms with Gasteiger partial charge in [0, 0.05) is 5.02 Å². The third-order valence-electron chi connectivity index (χ3n) is 2.43. The molecule has 1 aromatic carbocycles. The molecule has 5 heteroatoms. The summed E-state index contributed by atoms with van der Waals surface area (Å²) in [5.74, 6) is 0. The van der Waals surface area contributed by atoms with Crippen molar-refractivity contribution in [2.24, 2.45) is 0 Å². The van der Waals surface area contributed by atoms with Crippen molar-refractivity contribution in [3.05, 3.63) is 40.2 Å². The van der Waals surface area contributed by atoms with Crippen molar-refractivity contribution >= 4 is 17.9 Å². The average molecular weight is 236 g/mol. The molecule has 4 nitrogen and oxygen atoms in total. The number of benzene rings is 1. The van der Waals surface area contributed by atoms with Gasteiger partial charge in [-0.3, -0.25) is 4.79 Å². The summed E-state index contributed by atoms with van der Waals surface area (Å²) in [4.78, 5) is 10.7. The first-order valence-corrected chi connectivity index (χ1v) is 5.15. The Morgan fingerprint density at radius 3 is 2.69 bits per heavy atom. The Hall–Kier alpha value is -1.68. The molecule has 0 aliphatic heterocycles. The van der Waals surface area contributed by atoms with E-state index in [1.54, 1.807) is 17.7 Å². The zero-order valence-electron chi connectivity index (χ0n) is 8.94. The van der Waals surface area contributed by atoms with Crippen LogP contribution in [0.15, 0.2) is 18.2 Å². The van der Waals surface area contributed by atoms with Crippen molar-refractivity contribution in [2.75, 3.05) is 0 Å². The number of halogens is 1. The Morgan fingerprint density at radius 2 is 2.12 bits per heavy atom. The Balaban J connectivity index is 2.58. The summed E-state index contributed by atoms with van der Waals surface area (Å²) in [6, 6.07) is 5.48. The molecule has 0 saturated carbocycles. The SMILES string of the molecule is Cc1cc(Cl)ccc1-n1nnc(C=O)c1C. The maximum absolute atomic E-state index is 10.7. The van der Waals surface area contributed by atoms with Crippen molar-refractivity contribution in [2.45, 2.75) is 13.8 Å². The van der Waals surface area contributed by atoms with E-state index in [-0.39, 0.29) is 0 Å². The lowest BCUT2D eigenvalue weighted by atomic mass is 10.2. The van der Waals surface area contributed by atoms with Crippen LogP contribution < -0.4 is 0 Å². The maximum Gasteiger partial charge on any atom is 0.172 e. The van der Waals surface area contributed by atoms with Crippen molar-refractivity contribution < 1.29 is 4.79 Å². The van der Waals surface area contributed by atoms with Crippen molar-refractivity contribution in [3.63, 3.8) is 0 Å². The topological polar surface area (TPSA) is 47.8 Å². The van der Waals surface area contributed by atoms with Gasteiger partial charge in [-0.2, -0.15) is 0 Å². The number of carbonyl (C=O) groups is 1. The fourth-order valence-corrected chi connectivity index (χ4v) is 1.76. The molecular weight excluding hydrogens is 226 g/mol. The van der Waals surface area contributed by atoms with Gasteiger partial charge in [-0.1, -0.05) is 16.8 Å². The molecule has 0 bridgehead atoms. The van der Waals surface area contributed by atoms with Gasteiger partial charge < -0.3 is 0 Å². The van der Waals surface area contributed by atoms with Gasteiger partial charge >= 0.3 is 0 Å². The van der Waals surface area contributed by atoms with Gasteiger partial charge in [0.15, 0.2) is 6.29 Å². The molecule has 0 aliphatic carbocycles. The van der Waals surface area contributed by atoms with Gasteiger partial charge in [-0.15, -0.1) is 5.10 Å². The molecule has 0 spiro atoms.